The number of nitrogens with zero attached hydrogens (tertiary/aromatic N) is 2. The number of benzene rings is 2. The van der Waals surface area contributed by atoms with Gasteiger partial charge in [0.2, 0.25) is 10.0 Å². The van der Waals surface area contributed by atoms with Crippen molar-refractivity contribution >= 4 is 21.6 Å². The number of rotatable bonds is 6. The maximum absolute atomic E-state index is 13.1. The zero-order chi connectivity index (χ0) is 22.0. The topological polar surface area (TPSA) is 76.1 Å². The van der Waals surface area contributed by atoms with Gasteiger partial charge in [-0.3, -0.25) is 4.79 Å². The van der Waals surface area contributed by atoms with Crippen molar-refractivity contribution in [3.05, 3.63) is 48.0 Å². The fourth-order valence-corrected chi connectivity index (χ4v) is 5.74. The summed E-state index contributed by atoms with van der Waals surface area (Å²) in [6, 6.07) is 12.2. The third-order valence-electron chi connectivity index (χ3n) is 5.86. The molecule has 1 fully saturated rings. The molecule has 0 aromatic heterocycles. The van der Waals surface area contributed by atoms with Crippen LogP contribution < -0.4 is 14.4 Å². The Hall–Kier alpha value is -2.58. The van der Waals surface area contributed by atoms with Crippen LogP contribution in [0.1, 0.15) is 31.7 Å². The van der Waals surface area contributed by atoms with E-state index in [0.29, 0.717) is 30.3 Å². The molecule has 166 valence electrons. The van der Waals surface area contributed by atoms with Gasteiger partial charge in [0.25, 0.3) is 5.91 Å². The molecule has 7 nitrogen and oxygen atoms in total. The summed E-state index contributed by atoms with van der Waals surface area (Å²) in [5.74, 6) is 1.16. The molecular formula is C23H28N2O5S. The number of hydrogen-bond acceptors (Lipinski definition) is 5. The van der Waals surface area contributed by atoms with Crippen LogP contribution in [-0.2, 0) is 21.2 Å². The van der Waals surface area contributed by atoms with Crippen molar-refractivity contribution in [1.82, 2.24) is 4.31 Å². The highest BCUT2D eigenvalue weighted by atomic mass is 32.2. The molecule has 2 aliphatic rings. The molecule has 0 unspecified atom stereocenters. The number of ether oxygens (including phenoxy) is 2. The summed E-state index contributed by atoms with van der Waals surface area (Å²) in [4.78, 5) is 15.1. The van der Waals surface area contributed by atoms with Crippen molar-refractivity contribution in [2.75, 3.05) is 31.6 Å². The number of aryl methyl sites for hydroxylation is 1. The van der Waals surface area contributed by atoms with Crippen molar-refractivity contribution in [2.45, 2.75) is 43.6 Å². The Bertz CT molecular complexity index is 1050. The van der Waals surface area contributed by atoms with Crippen molar-refractivity contribution < 1.29 is 22.7 Å². The van der Waals surface area contributed by atoms with Gasteiger partial charge in [0.1, 0.15) is 11.5 Å². The highest BCUT2D eigenvalue weighted by Crippen LogP contribution is 2.32. The highest BCUT2D eigenvalue weighted by molar-refractivity contribution is 7.89. The number of sulfonamides is 1. The number of hydrogen-bond donors (Lipinski definition) is 0. The minimum atomic E-state index is -3.48. The second kappa shape index (κ2) is 8.88. The number of amides is 1. The van der Waals surface area contributed by atoms with Crippen LogP contribution in [0.5, 0.6) is 11.5 Å². The molecular weight excluding hydrogens is 416 g/mol. The van der Waals surface area contributed by atoms with Gasteiger partial charge in [0.05, 0.1) is 12.0 Å². The Morgan fingerprint density at radius 2 is 1.65 bits per heavy atom. The molecule has 2 aromatic rings. The smallest absolute Gasteiger partial charge is 0.267 e. The molecule has 0 radical (unpaired) electrons. The summed E-state index contributed by atoms with van der Waals surface area (Å²) in [6.07, 6.45) is 2.65. The summed E-state index contributed by atoms with van der Waals surface area (Å²) < 4.78 is 38.4. The molecule has 2 aromatic carbocycles. The molecule has 1 saturated heterocycles. The second-order valence-electron chi connectivity index (χ2n) is 7.93. The number of anilines is 1. The molecule has 0 N–H and O–H groups in total. The maximum atomic E-state index is 13.1. The van der Waals surface area contributed by atoms with Crippen LogP contribution in [0.4, 0.5) is 5.69 Å². The molecule has 0 spiro atoms. The molecule has 0 saturated carbocycles. The van der Waals surface area contributed by atoms with Crippen LogP contribution in [0.2, 0.25) is 0 Å². The Morgan fingerprint density at radius 3 is 2.32 bits per heavy atom. The van der Waals surface area contributed by atoms with Gasteiger partial charge in [-0.25, -0.2) is 8.42 Å². The van der Waals surface area contributed by atoms with Crippen molar-refractivity contribution in [1.29, 1.82) is 0 Å². The SMILES string of the molecule is COc1ccc(O[C@@H](C)C(=O)N2CCCc3cc(S(=O)(=O)N4CCCC4)ccc32)cc1. The van der Waals surface area contributed by atoms with E-state index >= 15 is 0 Å². The first-order chi connectivity index (χ1) is 14.9. The van der Waals surface area contributed by atoms with E-state index in [1.54, 1.807) is 65.7 Å². The highest BCUT2D eigenvalue weighted by Gasteiger charge is 2.31. The molecule has 2 heterocycles. The molecule has 8 heteroatoms. The molecule has 1 amide bonds. The monoisotopic (exact) mass is 444 g/mol. The number of carbonyl (C=O) groups is 1. The Balaban J connectivity index is 1.52. The van der Waals surface area contributed by atoms with Crippen molar-refractivity contribution in [3.63, 3.8) is 0 Å². The molecule has 0 aliphatic carbocycles. The zero-order valence-electron chi connectivity index (χ0n) is 17.9. The van der Waals surface area contributed by atoms with E-state index in [1.165, 1.54) is 0 Å². The lowest BCUT2D eigenvalue weighted by Gasteiger charge is -2.32. The third-order valence-corrected chi connectivity index (χ3v) is 7.75. The number of carbonyl (C=O) groups excluding carboxylic acids is 1. The minimum Gasteiger partial charge on any atom is -0.497 e. The first-order valence-electron chi connectivity index (χ1n) is 10.7. The molecule has 31 heavy (non-hydrogen) atoms. The van der Waals surface area contributed by atoms with Crippen LogP contribution in [0.15, 0.2) is 47.4 Å². The van der Waals surface area contributed by atoms with Crippen LogP contribution in [-0.4, -0.2) is 51.5 Å². The summed E-state index contributed by atoms with van der Waals surface area (Å²) in [5, 5.41) is 0. The van der Waals surface area contributed by atoms with Crippen LogP contribution in [0.25, 0.3) is 0 Å². The quantitative estimate of drug-likeness (QED) is 0.684. The van der Waals surface area contributed by atoms with Gasteiger partial charge in [-0.1, -0.05) is 0 Å². The van der Waals surface area contributed by atoms with E-state index in [-0.39, 0.29) is 5.91 Å². The van der Waals surface area contributed by atoms with E-state index in [1.807, 2.05) is 0 Å². The van der Waals surface area contributed by atoms with Gasteiger partial charge >= 0.3 is 0 Å². The van der Waals surface area contributed by atoms with E-state index in [4.69, 9.17) is 9.47 Å². The zero-order valence-corrected chi connectivity index (χ0v) is 18.7. The fraction of sp³-hybridized carbons (Fsp3) is 0.435. The fourth-order valence-electron chi connectivity index (χ4n) is 4.17. The normalized spacial score (nSPS) is 17.8. The first-order valence-corrected chi connectivity index (χ1v) is 12.1. The van der Waals surface area contributed by atoms with Crippen LogP contribution in [0, 0.1) is 0 Å². The van der Waals surface area contributed by atoms with Gasteiger partial charge in [-0.15, -0.1) is 0 Å². The largest absolute Gasteiger partial charge is 0.497 e. The van der Waals surface area contributed by atoms with Crippen LogP contribution >= 0.6 is 0 Å². The third kappa shape index (κ3) is 4.41. The van der Waals surface area contributed by atoms with E-state index in [2.05, 4.69) is 0 Å². The standard InChI is InChI=1S/C23H28N2O5S/c1-17(30-20-9-7-19(29-2)8-10-20)23(26)25-15-5-6-18-16-21(11-12-22(18)25)31(27,28)24-13-3-4-14-24/h7-12,16-17H,3-6,13-15H2,1-2H3/t17-/m0/s1. The van der Waals surface area contributed by atoms with Gasteiger partial charge < -0.3 is 14.4 Å². The Morgan fingerprint density at radius 1 is 0.968 bits per heavy atom. The summed E-state index contributed by atoms with van der Waals surface area (Å²) >= 11 is 0. The van der Waals surface area contributed by atoms with Crippen molar-refractivity contribution in [3.8, 4) is 11.5 Å². The Kier molecular flexibility index (Phi) is 6.20. The maximum Gasteiger partial charge on any atom is 0.267 e. The van der Waals surface area contributed by atoms with Gasteiger partial charge in [0.15, 0.2) is 6.10 Å². The first kappa shape index (κ1) is 21.6. The molecule has 2 aliphatic heterocycles. The molecule has 1 atom stereocenters. The lowest BCUT2D eigenvalue weighted by Crippen LogP contribution is -2.43. The molecule has 4 rings (SSSR count). The summed E-state index contributed by atoms with van der Waals surface area (Å²) in [6.45, 7) is 3.46. The number of methoxy groups -OCH3 is 1. The number of fused-ring (bicyclic) bond motifs is 1. The average Bonchev–Trinajstić information content (AvgIpc) is 3.34. The summed E-state index contributed by atoms with van der Waals surface area (Å²) in [7, 11) is -1.88. The van der Waals surface area contributed by atoms with E-state index < -0.39 is 16.1 Å². The van der Waals surface area contributed by atoms with Gasteiger partial charge in [0, 0.05) is 25.3 Å². The van der Waals surface area contributed by atoms with Gasteiger partial charge in [-0.05, 0) is 80.6 Å². The Labute approximate surface area is 183 Å². The second-order valence-corrected chi connectivity index (χ2v) is 9.87. The van der Waals surface area contributed by atoms with Crippen LogP contribution in [0.3, 0.4) is 0 Å². The minimum absolute atomic E-state index is 0.146. The van der Waals surface area contributed by atoms with Gasteiger partial charge in [-0.2, -0.15) is 4.31 Å². The lowest BCUT2D eigenvalue weighted by atomic mass is 10.0. The van der Waals surface area contributed by atoms with Crippen molar-refractivity contribution in [2.24, 2.45) is 0 Å². The predicted octanol–water partition coefficient (Wildman–Crippen LogP) is 3.23. The average molecular weight is 445 g/mol. The predicted molar refractivity (Wildman–Crippen MR) is 118 cm³/mol. The molecule has 0 bridgehead atoms. The van der Waals surface area contributed by atoms with E-state index in [9.17, 15) is 13.2 Å². The summed E-state index contributed by atoms with van der Waals surface area (Å²) in [5.41, 5.74) is 1.65. The lowest BCUT2D eigenvalue weighted by molar-refractivity contribution is -0.124. The van der Waals surface area contributed by atoms with E-state index in [0.717, 1.165) is 42.7 Å².